The van der Waals surface area contributed by atoms with Crippen molar-refractivity contribution in [3.8, 4) is 0 Å². The van der Waals surface area contributed by atoms with E-state index >= 15 is 0 Å². The van der Waals surface area contributed by atoms with Crippen LogP contribution in [-0.4, -0.2) is 5.91 Å². The highest BCUT2D eigenvalue weighted by molar-refractivity contribution is 6.01. The highest BCUT2D eigenvalue weighted by atomic mass is 19.1. The maximum atomic E-state index is 13.2. The van der Waals surface area contributed by atoms with Gasteiger partial charge in [-0.2, -0.15) is 0 Å². The van der Waals surface area contributed by atoms with Gasteiger partial charge >= 0.3 is 0 Å². The smallest absolute Gasteiger partial charge is 0.248 e. The molecule has 0 saturated carbocycles. The fraction of sp³-hybridized carbons (Fsp3) is 0. The number of amides is 1. The molecule has 0 aliphatic heterocycles. The molecule has 0 aliphatic carbocycles. The van der Waals surface area contributed by atoms with Crippen molar-refractivity contribution >= 4 is 17.7 Å². The minimum atomic E-state index is -0.466. The van der Waals surface area contributed by atoms with Gasteiger partial charge in [-0.3, -0.25) is 4.79 Å². The number of halogens is 1. The third-order valence-corrected chi connectivity index (χ3v) is 2.07. The van der Waals surface area contributed by atoms with Gasteiger partial charge in [-0.15, -0.1) is 0 Å². The number of nitrogens with one attached hydrogen (secondary N) is 1. The molecular weight excluding hydrogens is 221 g/mol. The van der Waals surface area contributed by atoms with E-state index in [4.69, 9.17) is 4.42 Å². The van der Waals surface area contributed by atoms with Gasteiger partial charge in [0.05, 0.1) is 12.0 Å². The first kappa shape index (κ1) is 11.1. The Labute approximate surface area is 97.6 Å². The van der Waals surface area contributed by atoms with Crippen LogP contribution in [0.15, 0.2) is 53.2 Å². The molecular formula is C13H10FNO2. The third kappa shape index (κ3) is 3.04. The molecule has 0 bridgehead atoms. The van der Waals surface area contributed by atoms with E-state index in [-0.39, 0.29) is 5.69 Å². The van der Waals surface area contributed by atoms with Crippen LogP contribution < -0.4 is 5.32 Å². The highest BCUT2D eigenvalue weighted by Crippen LogP contribution is 2.12. The Morgan fingerprint density at radius 3 is 2.76 bits per heavy atom. The molecule has 1 heterocycles. The van der Waals surface area contributed by atoms with Crippen LogP contribution in [0.2, 0.25) is 0 Å². The molecule has 0 unspecified atom stereocenters. The predicted octanol–water partition coefficient (Wildman–Crippen LogP) is 3.07. The van der Waals surface area contributed by atoms with Crippen LogP contribution in [0.1, 0.15) is 5.76 Å². The van der Waals surface area contributed by atoms with Gasteiger partial charge in [-0.05, 0) is 30.3 Å². The Bertz CT molecular complexity index is 532. The van der Waals surface area contributed by atoms with Gasteiger partial charge in [0.2, 0.25) is 5.91 Å². The second-order valence-corrected chi connectivity index (χ2v) is 3.32. The summed E-state index contributed by atoms with van der Waals surface area (Å²) < 4.78 is 18.2. The summed E-state index contributed by atoms with van der Waals surface area (Å²) in [6.07, 6.45) is 4.30. The van der Waals surface area contributed by atoms with E-state index in [9.17, 15) is 9.18 Å². The molecule has 3 nitrogen and oxygen atoms in total. The SMILES string of the molecule is O=C(C=Cc1ccco1)Nc1ccccc1F. The first-order chi connectivity index (χ1) is 8.25. The molecule has 0 radical (unpaired) electrons. The van der Waals surface area contributed by atoms with E-state index in [1.807, 2.05) is 0 Å². The van der Waals surface area contributed by atoms with Crippen molar-refractivity contribution in [3.63, 3.8) is 0 Å². The molecule has 1 aromatic carbocycles. The molecule has 2 rings (SSSR count). The summed E-state index contributed by atoms with van der Waals surface area (Å²) in [7, 11) is 0. The maximum absolute atomic E-state index is 13.2. The van der Waals surface area contributed by atoms with Crippen LogP contribution in [0.3, 0.4) is 0 Å². The number of para-hydroxylation sites is 1. The summed E-state index contributed by atoms with van der Waals surface area (Å²) in [5.41, 5.74) is 0.154. The molecule has 0 spiro atoms. The lowest BCUT2D eigenvalue weighted by Gasteiger charge is -2.02. The zero-order valence-electron chi connectivity index (χ0n) is 8.89. The average molecular weight is 231 g/mol. The van der Waals surface area contributed by atoms with Gasteiger partial charge < -0.3 is 9.73 Å². The number of hydrogen-bond donors (Lipinski definition) is 1. The lowest BCUT2D eigenvalue weighted by atomic mass is 10.3. The molecule has 0 saturated heterocycles. The van der Waals surface area contributed by atoms with Crippen molar-refractivity contribution in [3.05, 3.63) is 60.3 Å². The summed E-state index contributed by atoms with van der Waals surface area (Å²) in [4.78, 5) is 11.5. The van der Waals surface area contributed by atoms with Crippen molar-refractivity contribution in [2.45, 2.75) is 0 Å². The van der Waals surface area contributed by atoms with Gasteiger partial charge in [0.15, 0.2) is 0 Å². The summed E-state index contributed by atoms with van der Waals surface area (Å²) in [5.74, 6) is -0.313. The largest absolute Gasteiger partial charge is 0.465 e. The molecule has 0 atom stereocenters. The van der Waals surface area contributed by atoms with E-state index < -0.39 is 11.7 Å². The lowest BCUT2D eigenvalue weighted by molar-refractivity contribution is -0.111. The van der Waals surface area contributed by atoms with Gasteiger partial charge in [0, 0.05) is 6.08 Å². The summed E-state index contributed by atoms with van der Waals surface area (Å²) in [6, 6.07) is 9.42. The Morgan fingerprint density at radius 1 is 1.24 bits per heavy atom. The zero-order valence-corrected chi connectivity index (χ0v) is 8.89. The van der Waals surface area contributed by atoms with Crippen molar-refractivity contribution in [2.75, 3.05) is 5.32 Å². The quantitative estimate of drug-likeness (QED) is 0.825. The third-order valence-electron chi connectivity index (χ3n) is 2.07. The van der Waals surface area contributed by atoms with Gasteiger partial charge in [-0.25, -0.2) is 4.39 Å². The topological polar surface area (TPSA) is 42.2 Å². The Hall–Kier alpha value is -2.36. The number of furan rings is 1. The summed E-state index contributed by atoms with van der Waals surface area (Å²) in [6.45, 7) is 0. The molecule has 0 fully saturated rings. The highest BCUT2D eigenvalue weighted by Gasteiger charge is 2.02. The number of anilines is 1. The second kappa shape index (κ2) is 5.12. The van der Waals surface area contributed by atoms with Crippen LogP contribution in [0.5, 0.6) is 0 Å². The van der Waals surface area contributed by atoms with Crippen LogP contribution in [-0.2, 0) is 4.79 Å². The number of carbonyl (C=O) groups excluding carboxylic acids is 1. The Balaban J connectivity index is 2.01. The standard InChI is InChI=1S/C13H10FNO2/c14-11-5-1-2-6-12(11)15-13(16)8-7-10-4-3-9-17-10/h1-9H,(H,15,16). The molecule has 2 aromatic rings. The molecule has 4 heteroatoms. The summed E-state index contributed by atoms with van der Waals surface area (Å²) >= 11 is 0. The fourth-order valence-corrected chi connectivity index (χ4v) is 1.28. The van der Waals surface area contributed by atoms with Crippen LogP contribution in [0.25, 0.3) is 6.08 Å². The van der Waals surface area contributed by atoms with Crippen molar-refractivity contribution in [2.24, 2.45) is 0 Å². The van der Waals surface area contributed by atoms with E-state index in [0.717, 1.165) is 0 Å². The molecule has 0 aliphatic rings. The monoisotopic (exact) mass is 231 g/mol. The summed E-state index contributed by atoms with van der Waals surface area (Å²) in [5, 5.41) is 2.43. The van der Waals surface area contributed by atoms with E-state index in [1.165, 1.54) is 30.5 Å². The number of hydrogen-bond acceptors (Lipinski definition) is 2. The minimum absolute atomic E-state index is 0.154. The van der Waals surface area contributed by atoms with E-state index in [2.05, 4.69) is 5.32 Å². The van der Waals surface area contributed by atoms with Crippen molar-refractivity contribution < 1.29 is 13.6 Å². The van der Waals surface area contributed by atoms with Gasteiger partial charge in [-0.1, -0.05) is 12.1 Å². The number of carbonyl (C=O) groups is 1. The minimum Gasteiger partial charge on any atom is -0.465 e. The molecule has 86 valence electrons. The normalized spacial score (nSPS) is 10.6. The van der Waals surface area contributed by atoms with Crippen LogP contribution in [0.4, 0.5) is 10.1 Å². The predicted molar refractivity (Wildman–Crippen MR) is 62.8 cm³/mol. The van der Waals surface area contributed by atoms with Crippen LogP contribution in [0, 0.1) is 5.82 Å². The average Bonchev–Trinajstić information content (AvgIpc) is 2.82. The number of benzene rings is 1. The van der Waals surface area contributed by atoms with E-state index in [0.29, 0.717) is 5.76 Å². The molecule has 1 aromatic heterocycles. The van der Waals surface area contributed by atoms with E-state index in [1.54, 1.807) is 24.3 Å². The Kier molecular flexibility index (Phi) is 3.35. The van der Waals surface area contributed by atoms with Crippen LogP contribution >= 0.6 is 0 Å². The molecule has 1 amide bonds. The van der Waals surface area contributed by atoms with Gasteiger partial charge in [0.1, 0.15) is 11.6 Å². The maximum Gasteiger partial charge on any atom is 0.248 e. The molecule has 17 heavy (non-hydrogen) atoms. The molecule has 1 N–H and O–H groups in total. The van der Waals surface area contributed by atoms with Crippen molar-refractivity contribution in [1.82, 2.24) is 0 Å². The van der Waals surface area contributed by atoms with Gasteiger partial charge in [0.25, 0.3) is 0 Å². The fourth-order valence-electron chi connectivity index (χ4n) is 1.28. The lowest BCUT2D eigenvalue weighted by Crippen LogP contribution is -2.08. The Morgan fingerprint density at radius 2 is 2.06 bits per heavy atom. The first-order valence-corrected chi connectivity index (χ1v) is 5.03. The first-order valence-electron chi connectivity index (χ1n) is 5.03. The van der Waals surface area contributed by atoms with Crippen molar-refractivity contribution in [1.29, 1.82) is 0 Å². The second-order valence-electron chi connectivity index (χ2n) is 3.32. The number of rotatable bonds is 3. The zero-order chi connectivity index (χ0) is 12.1.